The van der Waals surface area contributed by atoms with Crippen LogP contribution in [0.4, 0.5) is 0 Å². The second-order valence-corrected chi connectivity index (χ2v) is 4.89. The van der Waals surface area contributed by atoms with Crippen molar-refractivity contribution in [2.75, 3.05) is 6.54 Å². The molecule has 1 aliphatic heterocycles. The number of nitrogens with zero attached hydrogens (tertiary/aromatic N) is 3. The molecule has 1 aliphatic rings. The number of imidazole rings is 1. The highest BCUT2D eigenvalue weighted by molar-refractivity contribution is 5.86. The average molecular weight is 295 g/mol. The molecule has 0 saturated carbocycles. The van der Waals surface area contributed by atoms with Gasteiger partial charge in [0.25, 0.3) is 0 Å². The second-order valence-electron chi connectivity index (χ2n) is 4.89. The third-order valence-corrected chi connectivity index (χ3v) is 3.41. The number of carbonyl (C=O) groups excluding carboxylic acids is 2. The lowest BCUT2D eigenvalue weighted by Gasteiger charge is -2.30. The summed E-state index contributed by atoms with van der Waals surface area (Å²) in [5, 5.41) is 9.01. The van der Waals surface area contributed by atoms with Gasteiger partial charge in [-0.25, -0.2) is 9.78 Å². The number of rotatable bonds is 5. The fourth-order valence-corrected chi connectivity index (χ4v) is 2.27. The predicted molar refractivity (Wildman–Crippen MR) is 71.0 cm³/mol. The van der Waals surface area contributed by atoms with Crippen LogP contribution >= 0.6 is 0 Å². The predicted octanol–water partition coefficient (Wildman–Crippen LogP) is -1.48. The Morgan fingerprint density at radius 1 is 1.38 bits per heavy atom. The smallest absolute Gasteiger partial charge is 0.354 e. The van der Waals surface area contributed by atoms with Crippen LogP contribution in [0.15, 0.2) is 6.20 Å². The van der Waals surface area contributed by atoms with Crippen molar-refractivity contribution >= 4 is 17.8 Å². The first-order chi connectivity index (χ1) is 9.90. The molecule has 1 aromatic heterocycles. The molecule has 0 fully saturated rings. The fraction of sp³-hybridized carbons (Fsp3) is 0.500. The van der Waals surface area contributed by atoms with Gasteiger partial charge in [0.15, 0.2) is 0 Å². The van der Waals surface area contributed by atoms with Crippen molar-refractivity contribution in [3.63, 3.8) is 0 Å². The van der Waals surface area contributed by atoms with E-state index in [0.717, 1.165) is 0 Å². The number of primary amides is 1. The number of aromatic carboxylic acids is 1. The first-order valence-electron chi connectivity index (χ1n) is 6.50. The molecule has 21 heavy (non-hydrogen) atoms. The van der Waals surface area contributed by atoms with E-state index in [1.165, 1.54) is 11.1 Å². The minimum Gasteiger partial charge on any atom is -0.477 e. The van der Waals surface area contributed by atoms with Gasteiger partial charge in [-0.3, -0.25) is 9.59 Å². The van der Waals surface area contributed by atoms with Crippen molar-refractivity contribution in [2.45, 2.75) is 32.0 Å². The maximum absolute atomic E-state index is 12.2. The number of amides is 2. The number of carboxylic acids is 1. The van der Waals surface area contributed by atoms with E-state index in [-0.39, 0.29) is 31.0 Å². The standard InChI is InChI=1S/C12H17N5O4/c13-7(1-2-9(14)18)11(19)16-3-4-17-8(12(20)21)5-15-10(17)6-16/h5,7H,1-4,6,13H2,(H2,14,18)(H,20,21)/t7-/m0/s1. The van der Waals surface area contributed by atoms with Crippen molar-refractivity contribution in [3.05, 3.63) is 17.7 Å². The normalized spacial score (nSPS) is 15.4. The van der Waals surface area contributed by atoms with E-state index in [1.807, 2.05) is 0 Å². The van der Waals surface area contributed by atoms with Crippen molar-refractivity contribution in [2.24, 2.45) is 11.5 Å². The Hall–Kier alpha value is -2.42. The maximum atomic E-state index is 12.2. The van der Waals surface area contributed by atoms with Gasteiger partial charge in [0.1, 0.15) is 11.5 Å². The third kappa shape index (κ3) is 3.19. The molecule has 0 unspecified atom stereocenters. The molecule has 0 spiro atoms. The summed E-state index contributed by atoms with van der Waals surface area (Å²) >= 11 is 0. The lowest BCUT2D eigenvalue weighted by atomic mass is 10.1. The van der Waals surface area contributed by atoms with Crippen LogP contribution in [0, 0.1) is 0 Å². The quantitative estimate of drug-likeness (QED) is 0.604. The lowest BCUT2D eigenvalue weighted by Crippen LogP contribution is -2.47. The highest BCUT2D eigenvalue weighted by Crippen LogP contribution is 2.15. The molecule has 2 amide bonds. The summed E-state index contributed by atoms with van der Waals surface area (Å²) in [6.07, 6.45) is 1.52. The van der Waals surface area contributed by atoms with Crippen molar-refractivity contribution in [1.29, 1.82) is 0 Å². The summed E-state index contributed by atoms with van der Waals surface area (Å²) in [5.74, 6) is -1.33. The number of carbonyl (C=O) groups is 3. The summed E-state index contributed by atoms with van der Waals surface area (Å²) in [6, 6.07) is -0.794. The molecule has 9 heteroatoms. The zero-order valence-electron chi connectivity index (χ0n) is 11.4. The van der Waals surface area contributed by atoms with Crippen LogP contribution in [0.3, 0.4) is 0 Å². The van der Waals surface area contributed by atoms with E-state index in [9.17, 15) is 14.4 Å². The first kappa shape index (κ1) is 15.0. The number of fused-ring (bicyclic) bond motifs is 1. The van der Waals surface area contributed by atoms with E-state index >= 15 is 0 Å². The second kappa shape index (κ2) is 5.92. The van der Waals surface area contributed by atoms with Gasteiger partial charge in [0.05, 0.1) is 18.8 Å². The molecule has 1 atom stereocenters. The molecular formula is C12H17N5O4. The van der Waals surface area contributed by atoms with Crippen LogP contribution in [-0.4, -0.2) is 49.9 Å². The lowest BCUT2D eigenvalue weighted by molar-refractivity contribution is -0.134. The van der Waals surface area contributed by atoms with Gasteiger partial charge >= 0.3 is 5.97 Å². The Morgan fingerprint density at radius 3 is 2.71 bits per heavy atom. The first-order valence-corrected chi connectivity index (χ1v) is 6.50. The molecule has 0 aromatic carbocycles. The summed E-state index contributed by atoms with van der Waals surface area (Å²) in [6.45, 7) is 0.911. The Bertz CT molecular complexity index is 582. The van der Waals surface area contributed by atoms with Crippen LogP contribution in [0.5, 0.6) is 0 Å². The number of hydrogen-bond acceptors (Lipinski definition) is 5. The van der Waals surface area contributed by atoms with Crippen LogP contribution < -0.4 is 11.5 Å². The molecular weight excluding hydrogens is 278 g/mol. The van der Waals surface area contributed by atoms with Crippen LogP contribution in [0.2, 0.25) is 0 Å². The molecule has 2 rings (SSSR count). The highest BCUT2D eigenvalue weighted by atomic mass is 16.4. The third-order valence-electron chi connectivity index (χ3n) is 3.41. The van der Waals surface area contributed by atoms with E-state index in [2.05, 4.69) is 4.98 Å². The SMILES string of the molecule is NC(=O)CC[C@H](N)C(=O)N1CCn2c(C(=O)O)cnc2C1. The zero-order valence-corrected chi connectivity index (χ0v) is 11.4. The van der Waals surface area contributed by atoms with E-state index in [4.69, 9.17) is 16.6 Å². The molecule has 0 bridgehead atoms. The van der Waals surface area contributed by atoms with Crippen LogP contribution in [0.1, 0.15) is 29.2 Å². The molecule has 114 valence electrons. The number of carboxylic acid groups (broad SMARTS) is 1. The number of aromatic nitrogens is 2. The topological polar surface area (TPSA) is 145 Å². The van der Waals surface area contributed by atoms with Crippen molar-refractivity contribution in [3.8, 4) is 0 Å². The fourth-order valence-electron chi connectivity index (χ4n) is 2.27. The Kier molecular flexibility index (Phi) is 4.22. The summed E-state index contributed by atoms with van der Waals surface area (Å²) in [4.78, 5) is 39.4. The molecule has 0 aliphatic carbocycles. The number of hydrogen-bond donors (Lipinski definition) is 3. The van der Waals surface area contributed by atoms with Gasteiger partial charge in [0.2, 0.25) is 11.8 Å². The average Bonchev–Trinajstić information content (AvgIpc) is 2.86. The summed E-state index contributed by atoms with van der Waals surface area (Å²) < 4.78 is 1.57. The highest BCUT2D eigenvalue weighted by Gasteiger charge is 2.28. The van der Waals surface area contributed by atoms with Crippen LogP contribution in [0.25, 0.3) is 0 Å². The zero-order chi connectivity index (χ0) is 15.6. The van der Waals surface area contributed by atoms with Gasteiger partial charge in [-0.15, -0.1) is 0 Å². The van der Waals surface area contributed by atoms with Crippen LogP contribution in [-0.2, 0) is 22.7 Å². The van der Waals surface area contributed by atoms with Gasteiger partial charge in [-0.1, -0.05) is 0 Å². The molecule has 1 aromatic rings. The van der Waals surface area contributed by atoms with E-state index in [0.29, 0.717) is 18.9 Å². The minimum absolute atomic E-state index is 0.0541. The Morgan fingerprint density at radius 2 is 2.10 bits per heavy atom. The molecule has 0 radical (unpaired) electrons. The van der Waals surface area contributed by atoms with Gasteiger partial charge in [0, 0.05) is 19.5 Å². The molecule has 5 N–H and O–H groups in total. The van der Waals surface area contributed by atoms with Gasteiger partial charge in [-0.2, -0.15) is 0 Å². The summed E-state index contributed by atoms with van der Waals surface area (Å²) in [7, 11) is 0. The van der Waals surface area contributed by atoms with Gasteiger partial charge < -0.3 is 26.0 Å². The van der Waals surface area contributed by atoms with E-state index < -0.39 is 17.9 Å². The summed E-state index contributed by atoms with van der Waals surface area (Å²) in [5.41, 5.74) is 10.9. The molecule has 2 heterocycles. The number of nitrogens with two attached hydrogens (primary N) is 2. The Balaban J connectivity index is 2.02. The Labute approximate surface area is 120 Å². The maximum Gasteiger partial charge on any atom is 0.354 e. The molecule has 0 saturated heterocycles. The van der Waals surface area contributed by atoms with Crippen molar-refractivity contribution < 1.29 is 19.5 Å². The van der Waals surface area contributed by atoms with E-state index in [1.54, 1.807) is 4.57 Å². The van der Waals surface area contributed by atoms with Crippen molar-refractivity contribution in [1.82, 2.24) is 14.5 Å². The molecule has 9 nitrogen and oxygen atoms in total. The monoisotopic (exact) mass is 295 g/mol. The minimum atomic E-state index is -1.05. The largest absolute Gasteiger partial charge is 0.477 e. The van der Waals surface area contributed by atoms with Gasteiger partial charge in [-0.05, 0) is 6.42 Å².